The molecule has 0 aromatic carbocycles. The third-order valence-corrected chi connectivity index (χ3v) is 4.09. The van der Waals surface area contributed by atoms with Gasteiger partial charge in [0.25, 0.3) is 0 Å². The number of aryl methyl sites for hydroxylation is 1. The summed E-state index contributed by atoms with van der Waals surface area (Å²) in [5.41, 5.74) is 2.06. The van der Waals surface area contributed by atoms with Gasteiger partial charge in [0.2, 0.25) is 5.91 Å². The van der Waals surface area contributed by atoms with E-state index in [9.17, 15) is 4.79 Å². The van der Waals surface area contributed by atoms with Crippen molar-refractivity contribution in [3.63, 3.8) is 0 Å². The van der Waals surface area contributed by atoms with Gasteiger partial charge in [-0.3, -0.25) is 9.78 Å². The van der Waals surface area contributed by atoms with Gasteiger partial charge in [-0.05, 0) is 31.7 Å². The van der Waals surface area contributed by atoms with Gasteiger partial charge in [0.1, 0.15) is 6.07 Å². The van der Waals surface area contributed by atoms with Crippen LogP contribution in [0.25, 0.3) is 0 Å². The number of carbonyl (C=O) groups is 1. The van der Waals surface area contributed by atoms with Crippen molar-refractivity contribution in [1.82, 2.24) is 10.3 Å². The number of anilines is 1. The Labute approximate surface area is 130 Å². The number of hydrogen-bond donors (Lipinski definition) is 2. The molecule has 6 nitrogen and oxygen atoms in total. The minimum atomic E-state index is -0.131. The van der Waals surface area contributed by atoms with E-state index < -0.39 is 0 Å². The van der Waals surface area contributed by atoms with Gasteiger partial charge in [0.05, 0.1) is 17.2 Å². The Bertz CT molecular complexity index is 562. The molecular weight excluding hydrogens is 280 g/mol. The first kappa shape index (κ1) is 16.2. The number of carbonyl (C=O) groups excluding carboxylic acids is 1. The Morgan fingerprint density at radius 3 is 2.91 bits per heavy atom. The van der Waals surface area contributed by atoms with E-state index in [1.54, 1.807) is 13.2 Å². The SMILES string of the molecule is CNC(=O)C(CNc1cc(C)ncc1C#N)C1CCOCC1. The second-order valence-electron chi connectivity index (χ2n) is 5.53. The van der Waals surface area contributed by atoms with E-state index in [-0.39, 0.29) is 11.8 Å². The summed E-state index contributed by atoms with van der Waals surface area (Å²) in [5.74, 6) is 0.201. The number of hydrogen-bond acceptors (Lipinski definition) is 5. The third kappa shape index (κ3) is 3.95. The van der Waals surface area contributed by atoms with Crippen LogP contribution in [0, 0.1) is 30.1 Å². The molecule has 1 unspecified atom stereocenters. The van der Waals surface area contributed by atoms with Crippen LogP contribution in [0.3, 0.4) is 0 Å². The predicted octanol–water partition coefficient (Wildman–Crippen LogP) is 1.46. The fraction of sp³-hybridized carbons (Fsp3) is 0.562. The van der Waals surface area contributed by atoms with Crippen LogP contribution in [0.15, 0.2) is 12.3 Å². The van der Waals surface area contributed by atoms with Crippen molar-refractivity contribution in [2.45, 2.75) is 19.8 Å². The van der Waals surface area contributed by atoms with Gasteiger partial charge >= 0.3 is 0 Å². The van der Waals surface area contributed by atoms with Crippen LogP contribution < -0.4 is 10.6 Å². The molecule has 2 heterocycles. The highest BCUT2D eigenvalue weighted by Gasteiger charge is 2.29. The molecule has 6 heteroatoms. The first-order valence-corrected chi connectivity index (χ1v) is 7.55. The zero-order chi connectivity index (χ0) is 15.9. The zero-order valence-corrected chi connectivity index (χ0v) is 13.1. The average Bonchev–Trinajstić information content (AvgIpc) is 2.56. The molecule has 1 aliphatic heterocycles. The maximum atomic E-state index is 12.2. The summed E-state index contributed by atoms with van der Waals surface area (Å²) in [5, 5.41) is 15.1. The molecule has 1 saturated heterocycles. The standard InChI is InChI=1S/C16H22N4O2/c1-11-7-15(13(8-17)9-19-11)20-10-14(16(21)18-2)12-3-5-22-6-4-12/h7,9,12,14H,3-6,10H2,1-2H3,(H,18,21)(H,19,20). The number of amides is 1. The molecule has 1 aromatic heterocycles. The molecular formula is C16H22N4O2. The highest BCUT2D eigenvalue weighted by atomic mass is 16.5. The van der Waals surface area contributed by atoms with Crippen LogP contribution in [0.5, 0.6) is 0 Å². The molecule has 1 fully saturated rings. The summed E-state index contributed by atoms with van der Waals surface area (Å²) >= 11 is 0. The summed E-state index contributed by atoms with van der Waals surface area (Å²) in [6.45, 7) is 3.79. The normalized spacial score (nSPS) is 16.6. The molecule has 1 atom stereocenters. The largest absolute Gasteiger partial charge is 0.383 e. The number of nitriles is 1. The van der Waals surface area contributed by atoms with Gasteiger partial charge in [-0.25, -0.2) is 0 Å². The van der Waals surface area contributed by atoms with Crippen molar-refractivity contribution in [2.75, 3.05) is 32.1 Å². The van der Waals surface area contributed by atoms with Gasteiger partial charge in [-0.15, -0.1) is 0 Å². The number of nitrogens with zero attached hydrogens (tertiary/aromatic N) is 2. The summed E-state index contributed by atoms with van der Waals surface area (Å²) in [6, 6.07) is 3.96. The summed E-state index contributed by atoms with van der Waals surface area (Å²) < 4.78 is 5.37. The zero-order valence-electron chi connectivity index (χ0n) is 13.1. The number of pyridine rings is 1. The number of nitrogens with one attached hydrogen (secondary N) is 2. The highest BCUT2D eigenvalue weighted by Crippen LogP contribution is 2.25. The Hall–Kier alpha value is -2.13. The Kier molecular flexibility index (Phi) is 5.73. The maximum Gasteiger partial charge on any atom is 0.224 e. The van der Waals surface area contributed by atoms with E-state index >= 15 is 0 Å². The second kappa shape index (κ2) is 7.76. The fourth-order valence-corrected chi connectivity index (χ4v) is 2.79. The van der Waals surface area contributed by atoms with Crippen LogP contribution in [0.4, 0.5) is 5.69 Å². The van der Waals surface area contributed by atoms with Crippen molar-refractivity contribution in [3.8, 4) is 6.07 Å². The molecule has 1 aliphatic rings. The Balaban J connectivity index is 2.09. The van der Waals surface area contributed by atoms with Crippen molar-refractivity contribution in [3.05, 3.63) is 23.5 Å². The Morgan fingerprint density at radius 2 is 2.27 bits per heavy atom. The van der Waals surface area contributed by atoms with Crippen LogP contribution >= 0.6 is 0 Å². The van der Waals surface area contributed by atoms with Crippen molar-refractivity contribution in [2.24, 2.45) is 11.8 Å². The van der Waals surface area contributed by atoms with Gasteiger partial charge in [0.15, 0.2) is 0 Å². The van der Waals surface area contributed by atoms with E-state index in [0.717, 1.165) is 24.2 Å². The van der Waals surface area contributed by atoms with Gasteiger partial charge < -0.3 is 15.4 Å². The van der Waals surface area contributed by atoms with Crippen molar-refractivity contribution >= 4 is 11.6 Å². The van der Waals surface area contributed by atoms with E-state index in [2.05, 4.69) is 21.7 Å². The van der Waals surface area contributed by atoms with E-state index in [0.29, 0.717) is 31.2 Å². The molecule has 1 amide bonds. The summed E-state index contributed by atoms with van der Waals surface area (Å²) in [4.78, 5) is 16.3. The van der Waals surface area contributed by atoms with Gasteiger partial charge in [0, 0.05) is 38.7 Å². The topological polar surface area (TPSA) is 87.0 Å². The quantitative estimate of drug-likeness (QED) is 0.860. The fourth-order valence-electron chi connectivity index (χ4n) is 2.79. The minimum Gasteiger partial charge on any atom is -0.383 e. The Morgan fingerprint density at radius 1 is 1.55 bits per heavy atom. The second-order valence-corrected chi connectivity index (χ2v) is 5.53. The molecule has 0 saturated carbocycles. The molecule has 0 aliphatic carbocycles. The summed E-state index contributed by atoms with van der Waals surface area (Å²) in [7, 11) is 1.66. The van der Waals surface area contributed by atoms with Crippen LogP contribution in [-0.2, 0) is 9.53 Å². The number of aromatic nitrogens is 1. The number of rotatable bonds is 5. The molecule has 2 N–H and O–H groups in total. The third-order valence-electron chi connectivity index (χ3n) is 4.09. The predicted molar refractivity (Wildman–Crippen MR) is 83.3 cm³/mol. The lowest BCUT2D eigenvalue weighted by atomic mass is 9.85. The van der Waals surface area contributed by atoms with Crippen LogP contribution in [-0.4, -0.2) is 37.7 Å². The lowest BCUT2D eigenvalue weighted by molar-refractivity contribution is -0.126. The van der Waals surface area contributed by atoms with Gasteiger partial charge in [-0.1, -0.05) is 0 Å². The molecule has 0 bridgehead atoms. The maximum absolute atomic E-state index is 12.2. The highest BCUT2D eigenvalue weighted by molar-refractivity contribution is 5.79. The summed E-state index contributed by atoms with van der Waals surface area (Å²) in [6.07, 6.45) is 3.33. The molecule has 0 radical (unpaired) electrons. The first-order chi connectivity index (χ1) is 10.7. The van der Waals surface area contributed by atoms with Crippen LogP contribution in [0.2, 0.25) is 0 Å². The van der Waals surface area contributed by atoms with E-state index in [1.165, 1.54) is 0 Å². The monoisotopic (exact) mass is 302 g/mol. The lowest BCUT2D eigenvalue weighted by Crippen LogP contribution is -2.39. The lowest BCUT2D eigenvalue weighted by Gasteiger charge is -2.29. The smallest absolute Gasteiger partial charge is 0.224 e. The first-order valence-electron chi connectivity index (χ1n) is 7.55. The molecule has 1 aromatic rings. The van der Waals surface area contributed by atoms with E-state index in [1.807, 2.05) is 13.0 Å². The average molecular weight is 302 g/mol. The van der Waals surface area contributed by atoms with Crippen molar-refractivity contribution < 1.29 is 9.53 Å². The molecule has 0 spiro atoms. The number of ether oxygens (including phenoxy) is 1. The van der Waals surface area contributed by atoms with Crippen molar-refractivity contribution in [1.29, 1.82) is 5.26 Å². The molecule has 22 heavy (non-hydrogen) atoms. The molecule has 118 valence electrons. The van der Waals surface area contributed by atoms with E-state index in [4.69, 9.17) is 10.00 Å². The van der Waals surface area contributed by atoms with Crippen LogP contribution in [0.1, 0.15) is 24.1 Å². The molecule has 2 rings (SSSR count). The van der Waals surface area contributed by atoms with Gasteiger partial charge in [-0.2, -0.15) is 5.26 Å². The minimum absolute atomic E-state index is 0.0312.